The fourth-order valence-corrected chi connectivity index (χ4v) is 2.12. The van der Waals surface area contributed by atoms with Crippen molar-refractivity contribution in [3.63, 3.8) is 0 Å². The third kappa shape index (κ3) is 2.93. The largest absolute Gasteiger partial charge is 0.497 e. The average Bonchev–Trinajstić information content (AvgIpc) is 2.36. The van der Waals surface area contributed by atoms with Crippen LogP contribution in [0.5, 0.6) is 5.75 Å². The quantitative estimate of drug-likeness (QED) is 0.766. The van der Waals surface area contributed by atoms with Crippen LogP contribution in [0.3, 0.4) is 0 Å². The first-order valence-electron chi connectivity index (χ1n) is 5.83. The molecule has 94 valence electrons. The molecule has 0 heterocycles. The second-order valence-corrected chi connectivity index (χ2v) is 4.09. The van der Waals surface area contributed by atoms with E-state index in [1.807, 2.05) is 38.1 Å². The highest BCUT2D eigenvalue weighted by molar-refractivity contribution is 5.35. The molecule has 0 fully saturated rings. The number of allylic oxidation sites excluding steroid dienone is 1. The molecule has 1 aromatic carbocycles. The van der Waals surface area contributed by atoms with Crippen molar-refractivity contribution < 1.29 is 14.9 Å². The van der Waals surface area contributed by atoms with Gasteiger partial charge in [0.05, 0.1) is 7.11 Å². The number of methoxy groups -OCH3 is 1. The zero-order valence-electron chi connectivity index (χ0n) is 10.6. The van der Waals surface area contributed by atoms with E-state index < -0.39 is 5.95 Å². The molecule has 0 unspecified atom stereocenters. The maximum atomic E-state index is 9.10. The lowest BCUT2D eigenvalue weighted by Gasteiger charge is -2.28. The zero-order chi connectivity index (χ0) is 12.9. The van der Waals surface area contributed by atoms with Gasteiger partial charge in [-0.25, -0.2) is 0 Å². The molecule has 0 aromatic heterocycles. The minimum absolute atomic E-state index is 0.328. The highest BCUT2D eigenvalue weighted by atomic mass is 16.5. The Hall–Kier alpha value is -1.64. The molecular formula is C14H20O3. The number of hydrogen-bond acceptors (Lipinski definition) is 3. The molecule has 0 aliphatic rings. The Kier molecular flexibility index (Phi) is 4.44. The van der Waals surface area contributed by atoms with Crippen LogP contribution < -0.4 is 4.74 Å². The summed E-state index contributed by atoms with van der Waals surface area (Å²) in [5, 5.41) is 18.2. The normalized spacial score (nSPS) is 11.0. The highest BCUT2D eigenvalue weighted by Gasteiger charge is 2.27. The van der Waals surface area contributed by atoms with Crippen molar-refractivity contribution in [2.24, 2.45) is 0 Å². The summed E-state index contributed by atoms with van der Waals surface area (Å²) in [5.74, 6) is 0.177. The minimum Gasteiger partial charge on any atom is -0.497 e. The number of aliphatic hydroxyl groups is 2. The van der Waals surface area contributed by atoms with E-state index in [9.17, 15) is 0 Å². The fraction of sp³-hybridized carbons (Fsp3) is 0.429. The Labute approximate surface area is 102 Å². The zero-order valence-corrected chi connectivity index (χ0v) is 10.6. The Morgan fingerprint density at radius 3 is 2.06 bits per heavy atom. The first kappa shape index (κ1) is 13.4. The number of aliphatic hydroxyl groups excluding tert-OH is 1. The molecule has 0 saturated heterocycles. The van der Waals surface area contributed by atoms with Gasteiger partial charge in [0.15, 0.2) is 0 Å². The number of rotatable bonds is 5. The fourth-order valence-electron chi connectivity index (χ4n) is 2.12. The number of ether oxygens (including phenoxy) is 1. The molecule has 1 aromatic rings. The Morgan fingerprint density at radius 1 is 1.18 bits per heavy atom. The van der Waals surface area contributed by atoms with Crippen LogP contribution in [0.25, 0.3) is 0 Å². The summed E-state index contributed by atoms with van der Waals surface area (Å²) in [6.45, 7) is 4.07. The van der Waals surface area contributed by atoms with E-state index in [-0.39, 0.29) is 5.41 Å². The molecule has 17 heavy (non-hydrogen) atoms. The van der Waals surface area contributed by atoms with Crippen molar-refractivity contribution in [3.05, 3.63) is 41.9 Å². The van der Waals surface area contributed by atoms with E-state index in [2.05, 4.69) is 0 Å². The highest BCUT2D eigenvalue weighted by Crippen LogP contribution is 2.34. The minimum atomic E-state index is -0.621. The van der Waals surface area contributed by atoms with Crippen LogP contribution in [0.1, 0.15) is 32.3 Å². The third-order valence-corrected chi connectivity index (χ3v) is 3.33. The standard InChI is InChI=1S/C14H20O3/c1-4-14(5-2,10-13(15)16)11-6-8-12(17-3)9-7-11/h6-10,15-16H,4-5H2,1-3H3. The van der Waals surface area contributed by atoms with Gasteiger partial charge < -0.3 is 14.9 Å². The van der Waals surface area contributed by atoms with E-state index in [1.165, 1.54) is 6.08 Å². The van der Waals surface area contributed by atoms with Crippen molar-refractivity contribution >= 4 is 0 Å². The van der Waals surface area contributed by atoms with Gasteiger partial charge in [0.1, 0.15) is 5.75 Å². The predicted molar refractivity (Wildman–Crippen MR) is 68.6 cm³/mol. The smallest absolute Gasteiger partial charge is 0.270 e. The second kappa shape index (κ2) is 5.62. The SMILES string of the molecule is CCC(C=C(O)O)(CC)c1ccc(OC)cc1. The lowest BCUT2D eigenvalue weighted by molar-refractivity contribution is 0.183. The first-order valence-corrected chi connectivity index (χ1v) is 5.83. The van der Waals surface area contributed by atoms with Crippen molar-refractivity contribution in [2.45, 2.75) is 32.1 Å². The second-order valence-electron chi connectivity index (χ2n) is 4.09. The van der Waals surface area contributed by atoms with Crippen LogP contribution in [0.15, 0.2) is 36.3 Å². The summed E-state index contributed by atoms with van der Waals surface area (Å²) >= 11 is 0. The lowest BCUT2D eigenvalue weighted by atomic mass is 9.76. The van der Waals surface area contributed by atoms with Gasteiger partial charge in [0.25, 0.3) is 5.95 Å². The molecule has 0 amide bonds. The number of benzene rings is 1. The van der Waals surface area contributed by atoms with Crippen molar-refractivity contribution in [2.75, 3.05) is 7.11 Å². The molecule has 0 bridgehead atoms. The molecule has 0 radical (unpaired) electrons. The van der Waals surface area contributed by atoms with E-state index in [1.54, 1.807) is 7.11 Å². The Balaban J connectivity index is 3.17. The lowest BCUT2D eigenvalue weighted by Crippen LogP contribution is -2.22. The molecule has 2 N–H and O–H groups in total. The molecule has 0 spiro atoms. The monoisotopic (exact) mass is 236 g/mol. The molecule has 3 nitrogen and oxygen atoms in total. The van der Waals surface area contributed by atoms with E-state index in [0.717, 1.165) is 24.2 Å². The first-order chi connectivity index (χ1) is 8.07. The molecule has 3 heteroatoms. The van der Waals surface area contributed by atoms with E-state index in [0.29, 0.717) is 0 Å². The summed E-state index contributed by atoms with van der Waals surface area (Å²) < 4.78 is 5.12. The topological polar surface area (TPSA) is 49.7 Å². The molecule has 0 atom stereocenters. The van der Waals surface area contributed by atoms with E-state index in [4.69, 9.17) is 14.9 Å². The predicted octanol–water partition coefficient (Wildman–Crippen LogP) is 3.71. The molecule has 0 aliphatic carbocycles. The van der Waals surface area contributed by atoms with Crippen LogP contribution in [0.2, 0.25) is 0 Å². The Morgan fingerprint density at radius 2 is 1.71 bits per heavy atom. The summed E-state index contributed by atoms with van der Waals surface area (Å²) in [7, 11) is 1.63. The molecule has 1 rings (SSSR count). The van der Waals surface area contributed by atoms with Gasteiger partial charge >= 0.3 is 0 Å². The van der Waals surface area contributed by atoms with Gasteiger partial charge in [-0.3, -0.25) is 0 Å². The molecule has 0 aliphatic heterocycles. The average molecular weight is 236 g/mol. The van der Waals surface area contributed by atoms with Crippen LogP contribution in [-0.2, 0) is 5.41 Å². The van der Waals surface area contributed by atoms with Crippen LogP contribution in [0.4, 0.5) is 0 Å². The molecular weight excluding hydrogens is 216 g/mol. The van der Waals surface area contributed by atoms with Crippen molar-refractivity contribution in [3.8, 4) is 5.75 Å². The van der Waals surface area contributed by atoms with Crippen LogP contribution >= 0.6 is 0 Å². The van der Waals surface area contributed by atoms with Gasteiger partial charge in [-0.2, -0.15) is 0 Å². The maximum Gasteiger partial charge on any atom is 0.270 e. The van der Waals surface area contributed by atoms with Crippen LogP contribution in [0, 0.1) is 0 Å². The van der Waals surface area contributed by atoms with E-state index >= 15 is 0 Å². The number of hydrogen-bond donors (Lipinski definition) is 2. The summed E-state index contributed by atoms with van der Waals surface area (Å²) in [5.41, 5.74) is 0.731. The van der Waals surface area contributed by atoms with Crippen LogP contribution in [-0.4, -0.2) is 17.3 Å². The maximum absolute atomic E-state index is 9.10. The Bertz CT molecular complexity index is 371. The van der Waals surface area contributed by atoms with Gasteiger partial charge in [-0.05, 0) is 30.5 Å². The van der Waals surface area contributed by atoms with Gasteiger partial charge in [0, 0.05) is 11.5 Å². The van der Waals surface area contributed by atoms with Gasteiger partial charge in [-0.1, -0.05) is 26.0 Å². The van der Waals surface area contributed by atoms with Gasteiger partial charge in [-0.15, -0.1) is 0 Å². The van der Waals surface area contributed by atoms with Crippen molar-refractivity contribution in [1.82, 2.24) is 0 Å². The summed E-state index contributed by atoms with van der Waals surface area (Å²) in [6.07, 6.45) is 3.12. The third-order valence-electron chi connectivity index (χ3n) is 3.33. The van der Waals surface area contributed by atoms with Gasteiger partial charge in [0.2, 0.25) is 0 Å². The summed E-state index contributed by atoms with van der Waals surface area (Å²) in [6, 6.07) is 7.70. The summed E-state index contributed by atoms with van der Waals surface area (Å²) in [4.78, 5) is 0. The molecule has 0 saturated carbocycles. The van der Waals surface area contributed by atoms with Crippen molar-refractivity contribution in [1.29, 1.82) is 0 Å².